The third-order valence-electron chi connectivity index (χ3n) is 5.98. The highest BCUT2D eigenvalue weighted by Gasteiger charge is 2.29. The molecule has 4 heterocycles. The van der Waals surface area contributed by atoms with Gasteiger partial charge >= 0.3 is 0 Å². The minimum Gasteiger partial charge on any atom is -0.393 e. The van der Waals surface area contributed by atoms with Crippen molar-refractivity contribution in [3.63, 3.8) is 0 Å². The van der Waals surface area contributed by atoms with E-state index in [-0.39, 0.29) is 6.10 Å². The molecule has 2 fully saturated rings. The fraction of sp³-hybridized carbons (Fsp3) is 0.500. The van der Waals surface area contributed by atoms with E-state index in [4.69, 9.17) is 10.1 Å². The Labute approximate surface area is 194 Å². The number of thioether (sulfide) groups is 1. The van der Waals surface area contributed by atoms with Gasteiger partial charge in [0, 0.05) is 43.0 Å². The Balaban J connectivity index is 0.000000433. The molecule has 1 aliphatic carbocycles. The first-order chi connectivity index (χ1) is 15.5. The largest absolute Gasteiger partial charge is 0.393 e. The Hall–Kier alpha value is -2.45. The van der Waals surface area contributed by atoms with Crippen molar-refractivity contribution in [3.05, 3.63) is 42.6 Å². The second-order valence-electron chi connectivity index (χ2n) is 8.84. The molecule has 32 heavy (non-hydrogen) atoms. The Morgan fingerprint density at radius 2 is 1.91 bits per heavy atom. The van der Waals surface area contributed by atoms with Gasteiger partial charge in [-0.3, -0.25) is 0 Å². The van der Waals surface area contributed by atoms with Crippen molar-refractivity contribution in [1.82, 2.24) is 19.9 Å². The van der Waals surface area contributed by atoms with Gasteiger partial charge in [0.15, 0.2) is 0 Å². The van der Waals surface area contributed by atoms with Gasteiger partial charge in [0.1, 0.15) is 23.8 Å². The normalized spacial score (nSPS) is 16.3. The molecule has 2 N–H and O–H groups in total. The van der Waals surface area contributed by atoms with E-state index in [1.54, 1.807) is 6.20 Å². The molecule has 0 unspecified atom stereocenters. The van der Waals surface area contributed by atoms with E-state index < -0.39 is 0 Å². The molecule has 3 aromatic heterocycles. The SMILES string of the molecule is CSCC1CN(c2ncc(C(C)C)c3cc(Nc4ccncn4)ncc23)C1.OC1CCC1. The Kier molecular flexibility index (Phi) is 7.42. The molecule has 0 spiro atoms. The zero-order valence-electron chi connectivity index (χ0n) is 19.0. The first-order valence-corrected chi connectivity index (χ1v) is 12.7. The predicted molar refractivity (Wildman–Crippen MR) is 133 cm³/mol. The number of rotatable bonds is 6. The Morgan fingerprint density at radius 1 is 1.12 bits per heavy atom. The van der Waals surface area contributed by atoms with Gasteiger partial charge in [-0.05, 0) is 60.3 Å². The maximum atomic E-state index is 8.45. The van der Waals surface area contributed by atoms with Crippen molar-refractivity contribution in [2.24, 2.45) is 5.92 Å². The molecular formula is C24H32N6OS. The van der Waals surface area contributed by atoms with Crippen LogP contribution in [0.4, 0.5) is 17.5 Å². The summed E-state index contributed by atoms with van der Waals surface area (Å²) in [7, 11) is 0. The lowest BCUT2D eigenvalue weighted by molar-refractivity contribution is 0.0950. The maximum Gasteiger partial charge on any atom is 0.138 e. The molecule has 0 aromatic carbocycles. The minimum absolute atomic E-state index is 0.0648. The standard InChI is InChI=1S/C20H24N6S.C4H8O/c1-13(2)16-7-23-20(26-9-14(10-26)11-27-3)17-8-22-19(6-15(16)17)25-18-4-5-21-12-24-18;5-4-2-1-3-4/h4-8,12-14H,9-11H2,1-3H3,(H,21,22,24,25);4-5H,1-3H2. The summed E-state index contributed by atoms with van der Waals surface area (Å²) >= 11 is 1.92. The number of pyridine rings is 2. The second kappa shape index (κ2) is 10.4. The number of hydrogen-bond acceptors (Lipinski definition) is 8. The summed E-state index contributed by atoms with van der Waals surface area (Å²) in [5, 5.41) is 14.0. The number of nitrogens with one attached hydrogen (secondary N) is 1. The van der Waals surface area contributed by atoms with Crippen LogP contribution in [0, 0.1) is 5.92 Å². The van der Waals surface area contributed by atoms with Crippen molar-refractivity contribution >= 4 is 40.0 Å². The molecule has 0 amide bonds. The van der Waals surface area contributed by atoms with Crippen LogP contribution in [0.15, 0.2) is 37.1 Å². The number of aliphatic hydroxyl groups is 1. The zero-order chi connectivity index (χ0) is 22.5. The first kappa shape index (κ1) is 22.7. The number of fused-ring (bicyclic) bond motifs is 1. The Morgan fingerprint density at radius 3 is 2.50 bits per heavy atom. The molecule has 0 radical (unpaired) electrons. The molecular weight excluding hydrogens is 420 g/mol. The van der Waals surface area contributed by atoms with Gasteiger partial charge in [0.05, 0.1) is 6.10 Å². The molecule has 3 aromatic rings. The summed E-state index contributed by atoms with van der Waals surface area (Å²) in [6.45, 7) is 6.55. The molecule has 5 rings (SSSR count). The van der Waals surface area contributed by atoms with Gasteiger partial charge in [0.2, 0.25) is 0 Å². The summed E-state index contributed by atoms with van der Waals surface area (Å²) in [6, 6.07) is 3.94. The molecule has 0 atom stereocenters. The highest BCUT2D eigenvalue weighted by atomic mass is 32.2. The van der Waals surface area contributed by atoms with Crippen LogP contribution in [-0.2, 0) is 0 Å². The van der Waals surface area contributed by atoms with Gasteiger partial charge in [-0.2, -0.15) is 11.8 Å². The monoisotopic (exact) mass is 452 g/mol. The molecule has 1 saturated carbocycles. The zero-order valence-corrected chi connectivity index (χ0v) is 19.8. The van der Waals surface area contributed by atoms with E-state index in [0.29, 0.717) is 5.92 Å². The highest BCUT2D eigenvalue weighted by Crippen LogP contribution is 2.35. The van der Waals surface area contributed by atoms with Crippen molar-refractivity contribution in [2.45, 2.75) is 45.1 Å². The van der Waals surface area contributed by atoms with Crippen LogP contribution in [0.3, 0.4) is 0 Å². The van der Waals surface area contributed by atoms with Crippen molar-refractivity contribution in [1.29, 1.82) is 0 Å². The van der Waals surface area contributed by atoms with Gasteiger partial charge in [-0.1, -0.05) is 13.8 Å². The van der Waals surface area contributed by atoms with Crippen LogP contribution >= 0.6 is 11.8 Å². The minimum atomic E-state index is 0.0648. The summed E-state index contributed by atoms with van der Waals surface area (Å²) in [5.74, 6) is 4.93. The average molecular weight is 453 g/mol. The third-order valence-corrected chi connectivity index (χ3v) is 6.78. The van der Waals surface area contributed by atoms with Crippen LogP contribution in [0.25, 0.3) is 10.8 Å². The van der Waals surface area contributed by atoms with Crippen LogP contribution < -0.4 is 10.2 Å². The molecule has 1 aliphatic heterocycles. The molecule has 2 aliphatic rings. The van der Waals surface area contributed by atoms with E-state index in [2.05, 4.69) is 51.3 Å². The molecule has 170 valence electrons. The lowest BCUT2D eigenvalue weighted by atomic mass is 9.97. The molecule has 0 bridgehead atoms. The van der Waals surface area contributed by atoms with E-state index in [0.717, 1.165) is 54.7 Å². The smallest absolute Gasteiger partial charge is 0.138 e. The lowest BCUT2D eigenvalue weighted by Gasteiger charge is -2.40. The average Bonchev–Trinajstić information content (AvgIpc) is 2.75. The maximum absolute atomic E-state index is 8.45. The third kappa shape index (κ3) is 5.30. The van der Waals surface area contributed by atoms with Crippen molar-refractivity contribution in [3.8, 4) is 0 Å². The van der Waals surface area contributed by atoms with Crippen LogP contribution in [0.5, 0.6) is 0 Å². The summed E-state index contributed by atoms with van der Waals surface area (Å²) < 4.78 is 0. The molecule has 7 nitrogen and oxygen atoms in total. The van der Waals surface area contributed by atoms with Crippen LogP contribution in [-0.4, -0.2) is 56.2 Å². The van der Waals surface area contributed by atoms with Crippen LogP contribution in [0.2, 0.25) is 0 Å². The second-order valence-corrected chi connectivity index (χ2v) is 9.75. The molecule has 1 saturated heterocycles. The van der Waals surface area contributed by atoms with Crippen molar-refractivity contribution < 1.29 is 5.11 Å². The Bertz CT molecular complexity index is 1020. The lowest BCUT2D eigenvalue weighted by Crippen LogP contribution is -2.48. The number of aromatic nitrogens is 4. The predicted octanol–water partition coefficient (Wildman–Crippen LogP) is 4.62. The number of anilines is 3. The van der Waals surface area contributed by atoms with Gasteiger partial charge in [0.25, 0.3) is 0 Å². The van der Waals surface area contributed by atoms with Gasteiger partial charge in [-0.15, -0.1) is 0 Å². The van der Waals surface area contributed by atoms with E-state index >= 15 is 0 Å². The fourth-order valence-electron chi connectivity index (χ4n) is 3.89. The topological polar surface area (TPSA) is 87.1 Å². The van der Waals surface area contributed by atoms with Gasteiger partial charge < -0.3 is 15.3 Å². The van der Waals surface area contributed by atoms with E-state index in [9.17, 15) is 0 Å². The number of aliphatic hydroxyl groups excluding tert-OH is 1. The quantitative estimate of drug-likeness (QED) is 0.560. The van der Waals surface area contributed by atoms with Crippen LogP contribution in [0.1, 0.15) is 44.6 Å². The van der Waals surface area contributed by atoms with E-state index in [1.165, 1.54) is 29.5 Å². The summed E-state index contributed by atoms with van der Waals surface area (Å²) in [5.41, 5.74) is 1.24. The summed E-state index contributed by atoms with van der Waals surface area (Å²) in [6.07, 6.45) is 12.8. The van der Waals surface area contributed by atoms with Crippen molar-refractivity contribution in [2.75, 3.05) is 35.3 Å². The number of nitrogens with zero attached hydrogens (tertiary/aromatic N) is 5. The van der Waals surface area contributed by atoms with Gasteiger partial charge in [-0.25, -0.2) is 19.9 Å². The number of hydrogen-bond donors (Lipinski definition) is 2. The molecule has 8 heteroatoms. The first-order valence-electron chi connectivity index (χ1n) is 11.3. The van der Waals surface area contributed by atoms with E-state index in [1.807, 2.05) is 30.2 Å². The fourth-order valence-corrected chi connectivity index (χ4v) is 4.57. The summed E-state index contributed by atoms with van der Waals surface area (Å²) in [4.78, 5) is 20.0. The highest BCUT2D eigenvalue weighted by molar-refractivity contribution is 7.98.